The molecule has 21 heavy (non-hydrogen) atoms. The number of rotatable bonds is 6. The van der Waals surface area contributed by atoms with Crippen LogP contribution in [0.15, 0.2) is 48.5 Å². The SMILES string of the molecule is CS(=O)(=O)Nc1ccc(Cl)c(NCCc2ccccc2)c1. The van der Waals surface area contributed by atoms with Crippen molar-refractivity contribution in [3.63, 3.8) is 0 Å². The molecule has 0 atom stereocenters. The van der Waals surface area contributed by atoms with Crippen molar-refractivity contribution in [1.29, 1.82) is 0 Å². The molecule has 0 saturated heterocycles. The number of anilines is 2. The third-order valence-electron chi connectivity index (χ3n) is 2.84. The van der Waals surface area contributed by atoms with E-state index < -0.39 is 10.0 Å². The molecule has 2 N–H and O–H groups in total. The maximum absolute atomic E-state index is 11.2. The molecule has 0 aliphatic carbocycles. The van der Waals surface area contributed by atoms with Crippen LogP contribution in [0.25, 0.3) is 0 Å². The molecule has 2 aromatic carbocycles. The first-order chi connectivity index (χ1) is 9.94. The second-order valence-electron chi connectivity index (χ2n) is 4.73. The molecule has 4 nitrogen and oxygen atoms in total. The van der Waals surface area contributed by atoms with E-state index >= 15 is 0 Å². The molecule has 2 aromatic rings. The largest absolute Gasteiger partial charge is 0.383 e. The molecular weight excluding hydrogens is 308 g/mol. The van der Waals surface area contributed by atoms with Crippen molar-refractivity contribution < 1.29 is 8.42 Å². The predicted molar refractivity (Wildman–Crippen MR) is 88.6 cm³/mol. The van der Waals surface area contributed by atoms with Crippen LogP contribution in [0.4, 0.5) is 11.4 Å². The molecule has 0 aliphatic rings. The van der Waals surface area contributed by atoms with E-state index in [1.54, 1.807) is 18.2 Å². The average molecular weight is 325 g/mol. The van der Waals surface area contributed by atoms with Crippen molar-refractivity contribution >= 4 is 33.0 Å². The van der Waals surface area contributed by atoms with Crippen molar-refractivity contribution in [3.8, 4) is 0 Å². The minimum atomic E-state index is -3.29. The van der Waals surface area contributed by atoms with E-state index in [4.69, 9.17) is 11.6 Å². The van der Waals surface area contributed by atoms with Crippen molar-refractivity contribution in [1.82, 2.24) is 0 Å². The fourth-order valence-electron chi connectivity index (χ4n) is 1.92. The van der Waals surface area contributed by atoms with Crippen LogP contribution in [0.2, 0.25) is 5.02 Å². The van der Waals surface area contributed by atoms with E-state index in [0.29, 0.717) is 22.9 Å². The molecule has 0 amide bonds. The number of nitrogens with one attached hydrogen (secondary N) is 2. The number of hydrogen-bond donors (Lipinski definition) is 2. The normalized spacial score (nSPS) is 11.1. The summed E-state index contributed by atoms with van der Waals surface area (Å²) in [6.07, 6.45) is 1.98. The lowest BCUT2D eigenvalue weighted by molar-refractivity contribution is 0.607. The predicted octanol–water partition coefficient (Wildman–Crippen LogP) is 3.37. The van der Waals surface area contributed by atoms with E-state index in [0.717, 1.165) is 12.7 Å². The molecule has 112 valence electrons. The van der Waals surface area contributed by atoms with Crippen LogP contribution >= 0.6 is 11.6 Å². The van der Waals surface area contributed by atoms with Crippen molar-refractivity contribution in [2.75, 3.05) is 22.8 Å². The van der Waals surface area contributed by atoms with Crippen molar-refractivity contribution in [2.45, 2.75) is 6.42 Å². The first kappa shape index (κ1) is 15.7. The van der Waals surface area contributed by atoms with Crippen LogP contribution in [0.3, 0.4) is 0 Å². The zero-order valence-corrected chi connectivity index (χ0v) is 13.2. The highest BCUT2D eigenvalue weighted by Crippen LogP contribution is 2.25. The minimum absolute atomic E-state index is 0.490. The van der Waals surface area contributed by atoms with Crippen LogP contribution < -0.4 is 10.0 Å². The van der Waals surface area contributed by atoms with Crippen LogP contribution in [0.5, 0.6) is 0 Å². The van der Waals surface area contributed by atoms with Gasteiger partial charge in [0.1, 0.15) is 0 Å². The van der Waals surface area contributed by atoms with Crippen LogP contribution in [0.1, 0.15) is 5.56 Å². The molecule has 0 heterocycles. The molecule has 2 rings (SSSR count). The van der Waals surface area contributed by atoms with E-state index in [1.807, 2.05) is 18.2 Å². The summed E-state index contributed by atoms with van der Waals surface area (Å²) < 4.78 is 24.9. The Morgan fingerprint density at radius 3 is 2.48 bits per heavy atom. The lowest BCUT2D eigenvalue weighted by Crippen LogP contribution is -2.10. The number of sulfonamides is 1. The zero-order chi connectivity index (χ0) is 15.3. The van der Waals surface area contributed by atoms with Gasteiger partial charge in [-0.2, -0.15) is 0 Å². The van der Waals surface area contributed by atoms with Crippen molar-refractivity contribution in [3.05, 3.63) is 59.1 Å². The summed E-state index contributed by atoms with van der Waals surface area (Å²) in [7, 11) is -3.29. The molecule has 0 unspecified atom stereocenters. The Kier molecular flexibility index (Phi) is 5.09. The van der Waals surface area contributed by atoms with Gasteiger partial charge in [-0.3, -0.25) is 4.72 Å². The third kappa shape index (κ3) is 5.28. The summed E-state index contributed by atoms with van der Waals surface area (Å²) in [4.78, 5) is 0. The quantitative estimate of drug-likeness (QED) is 0.856. The Balaban J connectivity index is 2.00. The summed E-state index contributed by atoms with van der Waals surface area (Å²) in [5.41, 5.74) is 2.43. The summed E-state index contributed by atoms with van der Waals surface area (Å²) in [6.45, 7) is 0.714. The van der Waals surface area contributed by atoms with Gasteiger partial charge in [-0.15, -0.1) is 0 Å². The second-order valence-corrected chi connectivity index (χ2v) is 6.89. The van der Waals surface area contributed by atoms with E-state index in [1.165, 1.54) is 5.56 Å². The summed E-state index contributed by atoms with van der Waals surface area (Å²) in [6, 6.07) is 15.1. The molecule has 0 spiro atoms. The highest BCUT2D eigenvalue weighted by atomic mass is 35.5. The number of halogens is 1. The van der Waals surface area contributed by atoms with Crippen molar-refractivity contribution in [2.24, 2.45) is 0 Å². The maximum atomic E-state index is 11.2. The van der Waals surface area contributed by atoms with E-state index in [-0.39, 0.29) is 0 Å². The molecule has 0 aliphatic heterocycles. The lowest BCUT2D eigenvalue weighted by atomic mass is 10.1. The molecule has 0 fully saturated rings. The number of benzene rings is 2. The van der Waals surface area contributed by atoms with E-state index in [2.05, 4.69) is 22.2 Å². The Bertz CT molecular complexity index is 703. The van der Waals surface area contributed by atoms with E-state index in [9.17, 15) is 8.42 Å². The summed E-state index contributed by atoms with van der Waals surface area (Å²) in [5.74, 6) is 0. The van der Waals surface area contributed by atoms with Gasteiger partial charge in [-0.25, -0.2) is 8.42 Å². The van der Waals surface area contributed by atoms with Gasteiger partial charge in [-0.05, 0) is 30.2 Å². The van der Waals surface area contributed by atoms with Gasteiger partial charge in [0.05, 0.1) is 22.7 Å². The molecule has 0 bridgehead atoms. The van der Waals surface area contributed by atoms with Gasteiger partial charge in [0, 0.05) is 6.54 Å². The standard InChI is InChI=1S/C15H17ClN2O2S/c1-21(19,20)18-13-7-8-14(16)15(11-13)17-10-9-12-5-3-2-4-6-12/h2-8,11,17-18H,9-10H2,1H3. The second kappa shape index (κ2) is 6.83. The molecule has 0 saturated carbocycles. The third-order valence-corrected chi connectivity index (χ3v) is 3.78. The Morgan fingerprint density at radius 1 is 1.10 bits per heavy atom. The fourth-order valence-corrected chi connectivity index (χ4v) is 2.66. The first-order valence-corrected chi connectivity index (χ1v) is 8.76. The Hall–Kier alpha value is -1.72. The zero-order valence-electron chi connectivity index (χ0n) is 11.6. The van der Waals surface area contributed by atoms with Gasteiger partial charge < -0.3 is 5.32 Å². The first-order valence-electron chi connectivity index (χ1n) is 6.49. The Morgan fingerprint density at radius 2 is 1.81 bits per heavy atom. The van der Waals surface area contributed by atoms with Crippen LogP contribution in [-0.2, 0) is 16.4 Å². The topological polar surface area (TPSA) is 58.2 Å². The maximum Gasteiger partial charge on any atom is 0.229 e. The van der Waals surface area contributed by atoms with Gasteiger partial charge in [0.15, 0.2) is 0 Å². The van der Waals surface area contributed by atoms with Gasteiger partial charge in [0.2, 0.25) is 10.0 Å². The van der Waals surface area contributed by atoms with Gasteiger partial charge in [-0.1, -0.05) is 41.9 Å². The smallest absolute Gasteiger partial charge is 0.229 e. The average Bonchev–Trinajstić information content (AvgIpc) is 2.42. The van der Waals surface area contributed by atoms with Gasteiger partial charge in [0.25, 0.3) is 0 Å². The lowest BCUT2D eigenvalue weighted by Gasteiger charge is -2.11. The molecular formula is C15H17ClN2O2S. The van der Waals surface area contributed by atoms with Crippen LogP contribution in [0, 0.1) is 0 Å². The van der Waals surface area contributed by atoms with Crippen LogP contribution in [-0.4, -0.2) is 21.2 Å². The highest BCUT2D eigenvalue weighted by molar-refractivity contribution is 7.92. The summed E-state index contributed by atoms with van der Waals surface area (Å²) >= 11 is 6.11. The fraction of sp³-hybridized carbons (Fsp3) is 0.200. The number of hydrogen-bond acceptors (Lipinski definition) is 3. The molecule has 0 aromatic heterocycles. The Labute approximate surface area is 130 Å². The van der Waals surface area contributed by atoms with Gasteiger partial charge >= 0.3 is 0 Å². The minimum Gasteiger partial charge on any atom is -0.383 e. The monoisotopic (exact) mass is 324 g/mol. The highest BCUT2D eigenvalue weighted by Gasteiger charge is 2.05. The molecule has 6 heteroatoms. The molecule has 0 radical (unpaired) electrons. The summed E-state index contributed by atoms with van der Waals surface area (Å²) in [5, 5.41) is 3.78.